The van der Waals surface area contributed by atoms with Gasteiger partial charge in [0.25, 0.3) is 11.8 Å². The molecule has 4 N–H and O–H groups in total. The van der Waals surface area contributed by atoms with Crippen LogP contribution in [-0.2, 0) is 9.59 Å². The highest BCUT2D eigenvalue weighted by Gasteiger charge is 2.18. The van der Waals surface area contributed by atoms with Crippen LogP contribution >= 0.6 is 0 Å². The molecule has 19 heavy (non-hydrogen) atoms. The SMILES string of the molecule is CNC(=O)C[NH2+][C@H](C)C(=O)Nc1ccccc1C#N. The number of hydrogen-bond acceptors (Lipinski definition) is 3. The van der Waals surface area contributed by atoms with Crippen molar-refractivity contribution < 1.29 is 14.9 Å². The van der Waals surface area contributed by atoms with Crippen LogP contribution in [0.5, 0.6) is 0 Å². The van der Waals surface area contributed by atoms with E-state index in [0.717, 1.165) is 0 Å². The average Bonchev–Trinajstić information content (AvgIpc) is 2.44. The highest BCUT2D eigenvalue weighted by Crippen LogP contribution is 2.13. The Kier molecular flexibility index (Phi) is 5.51. The normalized spacial score (nSPS) is 11.2. The molecule has 2 amide bonds. The highest BCUT2D eigenvalue weighted by atomic mass is 16.2. The number of amides is 2. The number of carbonyl (C=O) groups is 2. The standard InChI is InChI=1S/C13H16N4O2/c1-9(16-8-12(18)15-2)13(19)17-11-6-4-3-5-10(11)7-14/h3-6,9,16H,8H2,1-2H3,(H,15,18)(H,17,19)/p+1/t9-/m1/s1. The summed E-state index contributed by atoms with van der Waals surface area (Å²) in [5, 5.41) is 15.7. The first kappa shape index (κ1) is 14.7. The minimum Gasteiger partial charge on any atom is -0.354 e. The predicted octanol–water partition coefficient (Wildman–Crippen LogP) is -0.805. The molecule has 0 fully saturated rings. The molecule has 1 rings (SSSR count). The molecule has 0 saturated carbocycles. The summed E-state index contributed by atoms with van der Waals surface area (Å²) in [6, 6.07) is 8.38. The molecule has 6 heteroatoms. The zero-order valence-corrected chi connectivity index (χ0v) is 10.9. The van der Waals surface area contributed by atoms with Gasteiger partial charge in [0.1, 0.15) is 6.07 Å². The smallest absolute Gasteiger partial charge is 0.282 e. The molecule has 1 aromatic carbocycles. The fraction of sp³-hybridized carbons (Fsp3) is 0.308. The minimum atomic E-state index is -0.413. The van der Waals surface area contributed by atoms with Crippen molar-refractivity contribution in [2.45, 2.75) is 13.0 Å². The van der Waals surface area contributed by atoms with Gasteiger partial charge in [0.05, 0.1) is 11.3 Å². The summed E-state index contributed by atoms with van der Waals surface area (Å²) < 4.78 is 0. The van der Waals surface area contributed by atoms with Gasteiger partial charge in [-0.2, -0.15) is 5.26 Å². The largest absolute Gasteiger partial charge is 0.354 e. The number of rotatable bonds is 5. The second-order valence-corrected chi connectivity index (χ2v) is 4.05. The number of nitriles is 1. The van der Waals surface area contributed by atoms with E-state index in [9.17, 15) is 9.59 Å². The van der Waals surface area contributed by atoms with Crippen molar-refractivity contribution in [3.63, 3.8) is 0 Å². The van der Waals surface area contributed by atoms with Crippen LogP contribution < -0.4 is 16.0 Å². The molecule has 0 radical (unpaired) electrons. The monoisotopic (exact) mass is 261 g/mol. The molecule has 0 aliphatic rings. The van der Waals surface area contributed by atoms with Gasteiger partial charge in [0.2, 0.25) is 0 Å². The van der Waals surface area contributed by atoms with Crippen LogP contribution in [0, 0.1) is 11.3 Å². The summed E-state index contributed by atoms with van der Waals surface area (Å²) in [6.07, 6.45) is 0. The van der Waals surface area contributed by atoms with E-state index in [4.69, 9.17) is 5.26 Å². The van der Waals surface area contributed by atoms with E-state index in [-0.39, 0.29) is 18.4 Å². The first-order valence-electron chi connectivity index (χ1n) is 5.92. The lowest BCUT2D eigenvalue weighted by molar-refractivity contribution is -0.662. The number of likely N-dealkylation sites (N-methyl/N-ethyl adjacent to an activating group) is 1. The lowest BCUT2D eigenvalue weighted by atomic mass is 10.2. The van der Waals surface area contributed by atoms with Crippen LogP contribution in [0.25, 0.3) is 0 Å². The van der Waals surface area contributed by atoms with Crippen LogP contribution in [0.3, 0.4) is 0 Å². The van der Waals surface area contributed by atoms with Gasteiger partial charge < -0.3 is 16.0 Å². The molecule has 100 valence electrons. The van der Waals surface area contributed by atoms with E-state index in [1.165, 1.54) is 0 Å². The Labute approximate surface area is 111 Å². The predicted molar refractivity (Wildman–Crippen MR) is 70.1 cm³/mol. The number of nitrogens with two attached hydrogens (primary N) is 1. The zero-order chi connectivity index (χ0) is 14.3. The second kappa shape index (κ2) is 7.13. The van der Waals surface area contributed by atoms with Gasteiger partial charge in [-0.3, -0.25) is 9.59 Å². The minimum absolute atomic E-state index is 0.142. The summed E-state index contributed by atoms with van der Waals surface area (Å²) >= 11 is 0. The molecular formula is C13H17N4O2+. The molecule has 6 nitrogen and oxygen atoms in total. The second-order valence-electron chi connectivity index (χ2n) is 4.05. The van der Waals surface area contributed by atoms with Crippen LogP contribution in [-0.4, -0.2) is 31.4 Å². The van der Waals surface area contributed by atoms with Gasteiger partial charge in [-0.05, 0) is 19.1 Å². The molecular weight excluding hydrogens is 244 g/mol. The fourth-order valence-corrected chi connectivity index (χ4v) is 1.43. The van der Waals surface area contributed by atoms with E-state index in [0.29, 0.717) is 11.3 Å². The Balaban J connectivity index is 2.59. The van der Waals surface area contributed by atoms with Gasteiger partial charge >= 0.3 is 0 Å². The van der Waals surface area contributed by atoms with Crippen molar-refractivity contribution in [1.82, 2.24) is 5.32 Å². The molecule has 0 bridgehead atoms. The van der Waals surface area contributed by atoms with Crippen molar-refractivity contribution in [1.29, 1.82) is 5.26 Å². The maximum absolute atomic E-state index is 11.9. The number of nitrogens with zero attached hydrogens (tertiary/aromatic N) is 1. The summed E-state index contributed by atoms with van der Waals surface area (Å²) in [5.74, 6) is -0.385. The Morgan fingerprint density at radius 3 is 2.74 bits per heavy atom. The lowest BCUT2D eigenvalue weighted by Gasteiger charge is -2.11. The maximum Gasteiger partial charge on any atom is 0.282 e. The average molecular weight is 261 g/mol. The zero-order valence-electron chi connectivity index (χ0n) is 10.9. The fourth-order valence-electron chi connectivity index (χ4n) is 1.43. The molecule has 0 spiro atoms. The topological polar surface area (TPSA) is 98.6 Å². The first-order chi connectivity index (χ1) is 9.08. The molecule has 0 aromatic heterocycles. The quantitative estimate of drug-likeness (QED) is 0.646. The third-order valence-corrected chi connectivity index (χ3v) is 2.65. The van der Waals surface area contributed by atoms with Crippen LogP contribution in [0.15, 0.2) is 24.3 Å². The van der Waals surface area contributed by atoms with Gasteiger partial charge in [0.15, 0.2) is 12.6 Å². The molecule has 0 unspecified atom stereocenters. The molecule has 1 aromatic rings. The number of benzene rings is 1. The van der Waals surface area contributed by atoms with Crippen molar-refractivity contribution in [3.05, 3.63) is 29.8 Å². The third-order valence-electron chi connectivity index (χ3n) is 2.65. The third kappa shape index (κ3) is 4.41. The van der Waals surface area contributed by atoms with Crippen LogP contribution in [0.1, 0.15) is 12.5 Å². The summed E-state index contributed by atoms with van der Waals surface area (Å²) in [4.78, 5) is 23.0. The van der Waals surface area contributed by atoms with E-state index < -0.39 is 6.04 Å². The van der Waals surface area contributed by atoms with Crippen LogP contribution in [0.2, 0.25) is 0 Å². The van der Waals surface area contributed by atoms with Crippen molar-refractivity contribution in [2.24, 2.45) is 0 Å². The van der Waals surface area contributed by atoms with E-state index in [2.05, 4.69) is 10.6 Å². The number of quaternary nitrogens is 1. The Morgan fingerprint density at radius 2 is 2.11 bits per heavy atom. The summed E-state index contributed by atoms with van der Waals surface area (Å²) in [7, 11) is 1.55. The van der Waals surface area contributed by atoms with E-state index in [1.54, 1.807) is 43.6 Å². The van der Waals surface area contributed by atoms with Gasteiger partial charge in [0, 0.05) is 7.05 Å². The molecule has 0 heterocycles. The summed E-state index contributed by atoms with van der Waals surface area (Å²) in [6.45, 7) is 1.89. The van der Waals surface area contributed by atoms with E-state index >= 15 is 0 Å². The Morgan fingerprint density at radius 1 is 1.42 bits per heavy atom. The van der Waals surface area contributed by atoms with E-state index in [1.807, 2.05) is 6.07 Å². The van der Waals surface area contributed by atoms with Crippen molar-refractivity contribution >= 4 is 17.5 Å². The Hall–Kier alpha value is -2.39. The number of carbonyl (C=O) groups excluding carboxylic acids is 2. The molecule has 0 aliphatic carbocycles. The number of hydrogen-bond donors (Lipinski definition) is 3. The number of para-hydroxylation sites is 1. The Bertz CT molecular complexity index is 508. The number of nitrogens with one attached hydrogen (secondary N) is 2. The molecule has 1 atom stereocenters. The van der Waals surface area contributed by atoms with Crippen LogP contribution in [0.4, 0.5) is 5.69 Å². The maximum atomic E-state index is 11.9. The summed E-state index contributed by atoms with van der Waals surface area (Å²) in [5.41, 5.74) is 0.893. The number of anilines is 1. The van der Waals surface area contributed by atoms with Crippen molar-refractivity contribution in [3.8, 4) is 6.07 Å². The molecule has 0 saturated heterocycles. The first-order valence-corrected chi connectivity index (χ1v) is 5.92. The van der Waals surface area contributed by atoms with Gasteiger partial charge in [-0.1, -0.05) is 12.1 Å². The van der Waals surface area contributed by atoms with Gasteiger partial charge in [-0.25, -0.2) is 0 Å². The lowest BCUT2D eigenvalue weighted by Crippen LogP contribution is -2.93. The van der Waals surface area contributed by atoms with Crippen molar-refractivity contribution in [2.75, 3.05) is 18.9 Å². The molecule has 0 aliphatic heterocycles. The highest BCUT2D eigenvalue weighted by molar-refractivity contribution is 5.94. The van der Waals surface area contributed by atoms with Gasteiger partial charge in [-0.15, -0.1) is 0 Å².